The van der Waals surface area contributed by atoms with Crippen molar-refractivity contribution < 1.29 is 23.6 Å². The number of nitrogens with two attached hydrogens (primary N) is 1. The van der Waals surface area contributed by atoms with E-state index in [0.29, 0.717) is 0 Å². The summed E-state index contributed by atoms with van der Waals surface area (Å²) >= 11 is 0. The summed E-state index contributed by atoms with van der Waals surface area (Å²) in [6.45, 7) is 1.49. The summed E-state index contributed by atoms with van der Waals surface area (Å²) in [4.78, 5) is 22.4. The van der Waals surface area contributed by atoms with Gasteiger partial charge in [0.15, 0.2) is 18.5 Å². The number of carbonyl (C=O) groups is 2. The second kappa shape index (κ2) is 5.41. The van der Waals surface area contributed by atoms with Gasteiger partial charge >= 0.3 is 11.9 Å². The van der Waals surface area contributed by atoms with Crippen LogP contribution < -0.4 is 5.73 Å². The SMILES string of the molecule is COC(=O)C(C)OC(=O)C[N+]1=CC(N)C=C1. The Morgan fingerprint density at radius 2 is 2.25 bits per heavy atom. The van der Waals surface area contributed by atoms with Crippen molar-refractivity contribution in [3.8, 4) is 0 Å². The van der Waals surface area contributed by atoms with E-state index < -0.39 is 18.0 Å². The zero-order chi connectivity index (χ0) is 12.1. The average molecular weight is 227 g/mol. The van der Waals surface area contributed by atoms with Crippen molar-refractivity contribution in [1.82, 2.24) is 0 Å². The Labute approximate surface area is 93.3 Å². The van der Waals surface area contributed by atoms with Crippen LogP contribution in [0.2, 0.25) is 0 Å². The highest BCUT2D eigenvalue weighted by molar-refractivity contribution is 5.79. The molecule has 1 rings (SSSR count). The third-order valence-electron chi connectivity index (χ3n) is 2.02. The molecule has 2 atom stereocenters. The monoisotopic (exact) mass is 227 g/mol. The van der Waals surface area contributed by atoms with Crippen molar-refractivity contribution in [1.29, 1.82) is 0 Å². The fraction of sp³-hybridized carbons (Fsp3) is 0.500. The van der Waals surface area contributed by atoms with Crippen LogP contribution in [0.4, 0.5) is 0 Å². The summed E-state index contributed by atoms with van der Waals surface area (Å²) in [5, 5.41) is 0. The summed E-state index contributed by atoms with van der Waals surface area (Å²) in [5.74, 6) is -1.08. The number of rotatable bonds is 4. The van der Waals surface area contributed by atoms with E-state index in [0.717, 1.165) is 0 Å². The number of nitrogens with zero attached hydrogens (tertiary/aromatic N) is 1. The molecule has 0 amide bonds. The Kier molecular flexibility index (Phi) is 4.19. The van der Waals surface area contributed by atoms with Crippen LogP contribution >= 0.6 is 0 Å². The molecule has 0 radical (unpaired) electrons. The molecular weight excluding hydrogens is 212 g/mol. The molecule has 88 valence electrons. The van der Waals surface area contributed by atoms with Crippen LogP contribution in [-0.2, 0) is 19.1 Å². The molecule has 6 nitrogen and oxygen atoms in total. The fourth-order valence-corrected chi connectivity index (χ4v) is 1.23. The van der Waals surface area contributed by atoms with Crippen LogP contribution in [0.3, 0.4) is 0 Å². The third-order valence-corrected chi connectivity index (χ3v) is 2.02. The van der Waals surface area contributed by atoms with Crippen molar-refractivity contribution in [3.05, 3.63) is 12.3 Å². The minimum atomic E-state index is -0.891. The minimum absolute atomic E-state index is 0.0333. The number of carbonyl (C=O) groups excluding carboxylic acids is 2. The van der Waals surface area contributed by atoms with Crippen molar-refractivity contribution in [2.24, 2.45) is 5.73 Å². The van der Waals surface area contributed by atoms with Gasteiger partial charge in [0, 0.05) is 6.08 Å². The normalized spacial score (nSPS) is 20.2. The maximum atomic E-state index is 11.4. The van der Waals surface area contributed by atoms with Gasteiger partial charge in [0.05, 0.1) is 7.11 Å². The number of hydrogen-bond donors (Lipinski definition) is 1. The number of esters is 2. The van der Waals surface area contributed by atoms with Gasteiger partial charge in [-0.05, 0) is 6.92 Å². The van der Waals surface area contributed by atoms with Gasteiger partial charge in [-0.25, -0.2) is 9.59 Å². The van der Waals surface area contributed by atoms with Gasteiger partial charge in [0.1, 0.15) is 6.04 Å². The largest absolute Gasteiger partial charge is 0.466 e. The molecule has 1 aliphatic rings. The van der Waals surface area contributed by atoms with Crippen LogP contribution in [0.15, 0.2) is 12.3 Å². The molecule has 0 saturated carbocycles. The molecule has 0 aromatic rings. The van der Waals surface area contributed by atoms with Crippen molar-refractivity contribution in [3.63, 3.8) is 0 Å². The zero-order valence-corrected chi connectivity index (χ0v) is 9.25. The summed E-state index contributed by atoms with van der Waals surface area (Å²) in [6, 6.07) is -0.175. The van der Waals surface area contributed by atoms with Crippen LogP contribution in [0.25, 0.3) is 0 Å². The van der Waals surface area contributed by atoms with Gasteiger partial charge in [-0.1, -0.05) is 0 Å². The molecule has 6 heteroatoms. The minimum Gasteiger partial charge on any atom is -0.466 e. The standard InChI is InChI=1S/C10H15N2O4/c1-7(10(14)15-2)16-9(13)6-12-4-3-8(11)5-12/h3-5,7-8H,6,11H2,1-2H3/q+1. The number of ether oxygens (including phenoxy) is 2. The van der Waals surface area contributed by atoms with E-state index in [2.05, 4.69) is 4.74 Å². The topological polar surface area (TPSA) is 81.6 Å². The lowest BCUT2D eigenvalue weighted by atomic mass is 10.4. The molecule has 0 aromatic carbocycles. The van der Waals surface area contributed by atoms with Gasteiger partial charge in [-0.15, -0.1) is 0 Å². The molecule has 2 unspecified atom stereocenters. The summed E-state index contributed by atoms with van der Waals surface area (Å²) in [7, 11) is 1.24. The molecular formula is C10H15N2O4+. The Balaban J connectivity index is 2.40. The lowest BCUT2D eigenvalue weighted by Gasteiger charge is -2.08. The molecule has 2 N–H and O–H groups in total. The Hall–Kier alpha value is -1.69. The maximum Gasteiger partial charge on any atom is 0.373 e. The first-order valence-corrected chi connectivity index (χ1v) is 4.85. The first kappa shape index (κ1) is 12.4. The third kappa shape index (κ3) is 3.47. The van der Waals surface area contributed by atoms with Crippen LogP contribution in [0, 0.1) is 0 Å². The van der Waals surface area contributed by atoms with Gasteiger partial charge in [-0.3, -0.25) is 0 Å². The van der Waals surface area contributed by atoms with E-state index in [1.165, 1.54) is 14.0 Å². The predicted molar refractivity (Wildman–Crippen MR) is 55.9 cm³/mol. The second-order valence-electron chi connectivity index (χ2n) is 3.40. The van der Waals surface area contributed by atoms with E-state index >= 15 is 0 Å². The van der Waals surface area contributed by atoms with Crippen molar-refractivity contribution in [2.75, 3.05) is 13.7 Å². The summed E-state index contributed by atoms with van der Waals surface area (Å²) in [6.07, 6.45) is 4.23. The molecule has 1 aliphatic heterocycles. The van der Waals surface area contributed by atoms with Gasteiger partial charge in [0.25, 0.3) is 0 Å². The number of hydrogen-bond acceptors (Lipinski definition) is 5. The Morgan fingerprint density at radius 1 is 1.56 bits per heavy atom. The summed E-state index contributed by atoms with van der Waals surface area (Å²) < 4.78 is 10.9. The smallest absolute Gasteiger partial charge is 0.373 e. The van der Waals surface area contributed by atoms with Gasteiger partial charge in [0.2, 0.25) is 6.54 Å². The van der Waals surface area contributed by atoms with Crippen LogP contribution in [-0.4, -0.2) is 48.5 Å². The lowest BCUT2D eigenvalue weighted by molar-refractivity contribution is -0.440. The number of methoxy groups -OCH3 is 1. The predicted octanol–water partition coefficient (Wildman–Crippen LogP) is -0.971. The highest BCUT2D eigenvalue weighted by atomic mass is 16.6. The highest BCUT2D eigenvalue weighted by Gasteiger charge is 2.22. The molecule has 0 aromatic heterocycles. The first-order valence-electron chi connectivity index (χ1n) is 4.85. The zero-order valence-electron chi connectivity index (χ0n) is 9.25. The van der Waals surface area contributed by atoms with E-state index in [1.807, 2.05) is 0 Å². The first-order chi connectivity index (χ1) is 7.52. The van der Waals surface area contributed by atoms with E-state index in [1.54, 1.807) is 23.1 Å². The molecule has 0 spiro atoms. The quantitative estimate of drug-likeness (QED) is 0.493. The molecule has 0 fully saturated rings. The average Bonchev–Trinajstić information content (AvgIpc) is 2.62. The molecule has 0 bridgehead atoms. The maximum absolute atomic E-state index is 11.4. The van der Waals surface area contributed by atoms with Crippen LogP contribution in [0.5, 0.6) is 0 Å². The second-order valence-corrected chi connectivity index (χ2v) is 3.40. The van der Waals surface area contributed by atoms with E-state index in [4.69, 9.17) is 10.5 Å². The molecule has 16 heavy (non-hydrogen) atoms. The fourth-order valence-electron chi connectivity index (χ4n) is 1.23. The Bertz CT molecular complexity index is 349. The van der Waals surface area contributed by atoms with Crippen molar-refractivity contribution in [2.45, 2.75) is 19.1 Å². The Morgan fingerprint density at radius 3 is 2.75 bits per heavy atom. The summed E-state index contributed by atoms with van der Waals surface area (Å²) in [5.41, 5.74) is 5.56. The highest BCUT2D eigenvalue weighted by Crippen LogP contribution is 1.97. The van der Waals surface area contributed by atoms with Gasteiger partial charge < -0.3 is 15.2 Å². The van der Waals surface area contributed by atoms with Crippen LogP contribution in [0.1, 0.15) is 6.92 Å². The van der Waals surface area contributed by atoms with E-state index in [9.17, 15) is 9.59 Å². The lowest BCUT2D eigenvalue weighted by Crippen LogP contribution is -2.29. The molecule has 1 heterocycles. The van der Waals surface area contributed by atoms with Crippen molar-refractivity contribution >= 4 is 18.2 Å². The molecule has 0 saturated heterocycles. The van der Waals surface area contributed by atoms with E-state index in [-0.39, 0.29) is 12.6 Å². The van der Waals surface area contributed by atoms with Gasteiger partial charge in [-0.2, -0.15) is 4.58 Å². The molecule has 0 aliphatic carbocycles.